The first kappa shape index (κ1) is 16.6. The van der Waals surface area contributed by atoms with Gasteiger partial charge in [-0.15, -0.1) is 0 Å². The number of aliphatic hydroxyl groups is 1. The predicted octanol–water partition coefficient (Wildman–Crippen LogP) is 3.52. The van der Waals surface area contributed by atoms with E-state index in [-0.39, 0.29) is 5.82 Å². The molecule has 0 amide bonds. The van der Waals surface area contributed by atoms with Crippen molar-refractivity contribution < 1.29 is 9.50 Å². The minimum Gasteiger partial charge on any atom is -0.390 e. The minimum absolute atomic E-state index is 0.280. The summed E-state index contributed by atoms with van der Waals surface area (Å²) in [6, 6.07) is 4.74. The van der Waals surface area contributed by atoms with Gasteiger partial charge < -0.3 is 10.4 Å². The summed E-state index contributed by atoms with van der Waals surface area (Å²) in [5.41, 5.74) is -0.0160. The number of halogens is 2. The topological polar surface area (TPSA) is 32.3 Å². The van der Waals surface area contributed by atoms with Crippen LogP contribution >= 0.6 is 15.9 Å². The van der Waals surface area contributed by atoms with Crippen LogP contribution in [0.15, 0.2) is 22.7 Å². The molecule has 0 aliphatic carbocycles. The second-order valence-corrected chi connectivity index (χ2v) is 6.72. The molecule has 2 N–H and O–H groups in total. The van der Waals surface area contributed by atoms with Gasteiger partial charge in [0.15, 0.2) is 0 Å². The number of nitrogens with one attached hydrogen (secondary N) is 1. The lowest BCUT2D eigenvalue weighted by Crippen LogP contribution is -2.33. The summed E-state index contributed by atoms with van der Waals surface area (Å²) < 4.78 is 14.0. The molecule has 0 aliphatic rings. The summed E-state index contributed by atoms with van der Waals surface area (Å²) in [5, 5.41) is 13.6. The average molecular weight is 332 g/mol. The average Bonchev–Trinajstić information content (AvgIpc) is 2.22. The first-order chi connectivity index (χ1) is 8.78. The van der Waals surface area contributed by atoms with Crippen LogP contribution in [0, 0.1) is 11.7 Å². The molecule has 2 nitrogen and oxygen atoms in total. The number of benzene rings is 1. The normalized spacial score (nSPS) is 14.7. The quantitative estimate of drug-likeness (QED) is 0.749. The molecular weight excluding hydrogens is 309 g/mol. The summed E-state index contributed by atoms with van der Waals surface area (Å²) in [6.45, 7) is 7.80. The van der Waals surface area contributed by atoms with Crippen molar-refractivity contribution in [3.05, 3.63) is 34.1 Å². The van der Waals surface area contributed by atoms with Gasteiger partial charge in [0, 0.05) is 10.9 Å². The van der Waals surface area contributed by atoms with Crippen molar-refractivity contribution in [3.8, 4) is 0 Å². The highest BCUT2D eigenvalue weighted by molar-refractivity contribution is 9.10. The molecular formula is C15H23BrFNO. The van der Waals surface area contributed by atoms with Gasteiger partial charge in [0.05, 0.1) is 5.60 Å². The molecule has 0 heterocycles. The van der Waals surface area contributed by atoms with Gasteiger partial charge >= 0.3 is 0 Å². The minimum atomic E-state index is -0.822. The Balaban J connectivity index is 2.49. The highest BCUT2D eigenvalue weighted by atomic mass is 79.9. The summed E-state index contributed by atoms with van der Waals surface area (Å²) >= 11 is 3.27. The Kier molecular flexibility index (Phi) is 6.43. The van der Waals surface area contributed by atoms with Crippen molar-refractivity contribution in [2.45, 2.75) is 39.2 Å². The van der Waals surface area contributed by atoms with E-state index in [9.17, 15) is 9.50 Å². The molecule has 0 aromatic heterocycles. The van der Waals surface area contributed by atoms with Crippen molar-refractivity contribution in [1.82, 2.24) is 5.32 Å². The smallest absolute Gasteiger partial charge is 0.124 e. The molecule has 0 saturated carbocycles. The first-order valence-corrected chi connectivity index (χ1v) is 7.46. The van der Waals surface area contributed by atoms with Crippen LogP contribution in [0.5, 0.6) is 0 Å². The zero-order valence-electron chi connectivity index (χ0n) is 11.8. The summed E-state index contributed by atoms with van der Waals surface area (Å²) in [7, 11) is 0. The molecule has 108 valence electrons. The van der Waals surface area contributed by atoms with Gasteiger partial charge in [0.2, 0.25) is 0 Å². The van der Waals surface area contributed by atoms with Gasteiger partial charge in [-0.05, 0) is 56.1 Å². The van der Waals surface area contributed by atoms with Gasteiger partial charge in [0.25, 0.3) is 0 Å². The van der Waals surface area contributed by atoms with E-state index in [1.807, 2.05) is 6.07 Å². The maximum Gasteiger partial charge on any atom is 0.124 e. The summed E-state index contributed by atoms with van der Waals surface area (Å²) in [6.07, 6.45) is 1.10. The molecule has 0 radical (unpaired) electrons. The second-order valence-electron chi connectivity index (χ2n) is 5.80. The fourth-order valence-electron chi connectivity index (χ4n) is 1.99. The maximum absolute atomic E-state index is 13.3. The van der Waals surface area contributed by atoms with E-state index < -0.39 is 5.60 Å². The summed E-state index contributed by atoms with van der Waals surface area (Å²) in [4.78, 5) is 0. The largest absolute Gasteiger partial charge is 0.390 e. The van der Waals surface area contributed by atoms with Crippen molar-refractivity contribution in [1.29, 1.82) is 0 Å². The molecule has 1 unspecified atom stereocenters. The molecule has 1 aromatic carbocycles. The third kappa shape index (κ3) is 7.04. The first-order valence-electron chi connectivity index (χ1n) is 6.66. The van der Waals surface area contributed by atoms with Crippen molar-refractivity contribution >= 4 is 15.9 Å². The molecule has 0 saturated heterocycles. The Morgan fingerprint density at radius 2 is 2.05 bits per heavy atom. The predicted molar refractivity (Wildman–Crippen MR) is 80.8 cm³/mol. The Morgan fingerprint density at radius 3 is 2.63 bits per heavy atom. The molecule has 1 aromatic rings. The molecule has 1 atom stereocenters. The van der Waals surface area contributed by atoms with Crippen molar-refractivity contribution in [3.63, 3.8) is 0 Å². The zero-order chi connectivity index (χ0) is 14.5. The molecule has 0 spiro atoms. The van der Waals surface area contributed by atoms with Crippen molar-refractivity contribution in [2.24, 2.45) is 5.92 Å². The van der Waals surface area contributed by atoms with E-state index in [4.69, 9.17) is 0 Å². The zero-order valence-corrected chi connectivity index (χ0v) is 13.4. The molecule has 0 fully saturated rings. The Hall–Kier alpha value is -0.450. The highest BCUT2D eigenvalue weighted by Gasteiger charge is 2.21. The van der Waals surface area contributed by atoms with E-state index >= 15 is 0 Å². The molecule has 0 aliphatic heterocycles. The van der Waals surface area contributed by atoms with Crippen LogP contribution in [0.25, 0.3) is 0 Å². The number of hydrogen-bond acceptors (Lipinski definition) is 2. The lowest BCUT2D eigenvalue weighted by molar-refractivity contribution is 0.0513. The fourth-order valence-corrected chi connectivity index (χ4v) is 2.50. The van der Waals surface area contributed by atoms with E-state index in [1.54, 1.807) is 6.92 Å². The lowest BCUT2D eigenvalue weighted by Gasteiger charge is -2.24. The van der Waals surface area contributed by atoms with Crippen LogP contribution in [0.3, 0.4) is 0 Å². The number of rotatable bonds is 7. The van der Waals surface area contributed by atoms with E-state index in [1.165, 1.54) is 12.1 Å². The van der Waals surface area contributed by atoms with Crippen LogP contribution in [0.2, 0.25) is 0 Å². The SMILES string of the molecule is CC(C)CNCCC(C)(O)Cc1cc(F)cc(Br)c1. The molecule has 0 bridgehead atoms. The Morgan fingerprint density at radius 1 is 1.37 bits per heavy atom. The van der Waals surface area contributed by atoms with Gasteiger partial charge in [-0.3, -0.25) is 0 Å². The van der Waals surface area contributed by atoms with Crippen LogP contribution in [-0.2, 0) is 6.42 Å². The van der Waals surface area contributed by atoms with E-state index in [2.05, 4.69) is 35.1 Å². The van der Waals surface area contributed by atoms with Crippen molar-refractivity contribution in [2.75, 3.05) is 13.1 Å². The van der Waals surface area contributed by atoms with Gasteiger partial charge in [0.1, 0.15) is 5.82 Å². The Labute approximate surface area is 123 Å². The third-order valence-electron chi connectivity index (χ3n) is 2.90. The molecule has 4 heteroatoms. The third-order valence-corrected chi connectivity index (χ3v) is 3.36. The van der Waals surface area contributed by atoms with Crippen LogP contribution in [-0.4, -0.2) is 23.8 Å². The van der Waals surface area contributed by atoms with Gasteiger partial charge in [-0.2, -0.15) is 0 Å². The monoisotopic (exact) mass is 331 g/mol. The van der Waals surface area contributed by atoms with Crippen LogP contribution < -0.4 is 5.32 Å². The highest BCUT2D eigenvalue weighted by Crippen LogP contribution is 2.21. The molecule has 1 rings (SSSR count). The van der Waals surface area contributed by atoms with Gasteiger partial charge in [-0.25, -0.2) is 4.39 Å². The lowest BCUT2D eigenvalue weighted by atomic mass is 9.93. The van der Waals surface area contributed by atoms with Crippen LogP contribution in [0.4, 0.5) is 4.39 Å². The maximum atomic E-state index is 13.3. The van der Waals surface area contributed by atoms with Gasteiger partial charge in [-0.1, -0.05) is 29.8 Å². The fraction of sp³-hybridized carbons (Fsp3) is 0.600. The van der Waals surface area contributed by atoms with Crippen LogP contribution in [0.1, 0.15) is 32.8 Å². The summed E-state index contributed by atoms with van der Waals surface area (Å²) in [5.74, 6) is 0.322. The number of hydrogen-bond donors (Lipinski definition) is 2. The van der Waals surface area contributed by atoms with E-state index in [0.29, 0.717) is 23.2 Å². The standard InChI is InChI=1S/C15H23BrFNO/c1-11(2)10-18-5-4-15(3,19)9-12-6-13(16)8-14(17)7-12/h6-8,11,18-19H,4-5,9-10H2,1-3H3. The Bertz CT molecular complexity index is 387. The molecule has 19 heavy (non-hydrogen) atoms. The second kappa shape index (κ2) is 7.36. The van der Waals surface area contributed by atoms with E-state index in [0.717, 1.165) is 18.7 Å².